The van der Waals surface area contributed by atoms with Crippen LogP contribution in [0.4, 0.5) is 0 Å². The first-order valence-electron chi connectivity index (χ1n) is 9.78. The standard InChI is InChI=1S/C22H25Cl3N2OS/c23-19-4-2-1-3-18(19)14-27-10-7-17(8-11-27)22(28)26-9-12-29-15-16-5-6-20(24)21(25)13-16/h1-6,13,17H,7-12,14-15H2,(H,26,28). The van der Waals surface area contributed by atoms with E-state index < -0.39 is 0 Å². The molecule has 2 aromatic rings. The Morgan fingerprint density at radius 1 is 1.03 bits per heavy atom. The lowest BCUT2D eigenvalue weighted by molar-refractivity contribution is -0.126. The molecule has 3 rings (SSSR count). The van der Waals surface area contributed by atoms with E-state index in [0.717, 1.165) is 60.1 Å². The zero-order chi connectivity index (χ0) is 20.6. The van der Waals surface area contributed by atoms with Gasteiger partial charge in [0, 0.05) is 35.5 Å². The molecule has 2 aromatic carbocycles. The summed E-state index contributed by atoms with van der Waals surface area (Å²) in [6, 6.07) is 13.7. The predicted octanol–water partition coefficient (Wildman–Crippen LogP) is 5.91. The summed E-state index contributed by atoms with van der Waals surface area (Å²) in [6.07, 6.45) is 1.79. The van der Waals surface area contributed by atoms with Gasteiger partial charge in [-0.3, -0.25) is 9.69 Å². The Kier molecular flexibility index (Phi) is 9.01. The molecule has 1 aliphatic rings. The number of piperidine rings is 1. The number of carbonyl (C=O) groups is 1. The van der Waals surface area contributed by atoms with Crippen LogP contribution in [-0.4, -0.2) is 36.2 Å². The first kappa shape index (κ1) is 22.8. The molecule has 0 bridgehead atoms. The van der Waals surface area contributed by atoms with Gasteiger partial charge in [0.05, 0.1) is 10.0 Å². The average Bonchev–Trinajstić information content (AvgIpc) is 2.72. The van der Waals surface area contributed by atoms with Gasteiger partial charge >= 0.3 is 0 Å². The number of hydrogen-bond donors (Lipinski definition) is 1. The normalized spacial score (nSPS) is 15.4. The van der Waals surface area contributed by atoms with Crippen LogP contribution >= 0.6 is 46.6 Å². The highest BCUT2D eigenvalue weighted by atomic mass is 35.5. The number of benzene rings is 2. The van der Waals surface area contributed by atoms with Crippen molar-refractivity contribution in [2.75, 3.05) is 25.4 Å². The smallest absolute Gasteiger partial charge is 0.223 e. The average molecular weight is 472 g/mol. The molecule has 1 N–H and O–H groups in total. The van der Waals surface area contributed by atoms with Crippen LogP contribution in [0, 0.1) is 5.92 Å². The summed E-state index contributed by atoms with van der Waals surface area (Å²) in [6.45, 7) is 3.38. The van der Waals surface area contributed by atoms with Crippen molar-refractivity contribution in [1.82, 2.24) is 10.2 Å². The molecule has 29 heavy (non-hydrogen) atoms. The summed E-state index contributed by atoms with van der Waals surface area (Å²) in [5.74, 6) is 2.01. The van der Waals surface area contributed by atoms with E-state index >= 15 is 0 Å². The van der Waals surface area contributed by atoms with Crippen molar-refractivity contribution in [3.63, 3.8) is 0 Å². The molecule has 0 spiro atoms. The maximum absolute atomic E-state index is 12.4. The summed E-state index contributed by atoms with van der Waals surface area (Å²) in [4.78, 5) is 14.8. The number of halogens is 3. The third-order valence-electron chi connectivity index (χ3n) is 5.11. The minimum Gasteiger partial charge on any atom is -0.355 e. The van der Waals surface area contributed by atoms with Crippen molar-refractivity contribution in [1.29, 1.82) is 0 Å². The minimum absolute atomic E-state index is 0.109. The lowest BCUT2D eigenvalue weighted by Crippen LogP contribution is -2.40. The third-order valence-corrected chi connectivity index (χ3v) is 7.25. The van der Waals surface area contributed by atoms with Gasteiger partial charge in [-0.05, 0) is 55.3 Å². The second-order valence-electron chi connectivity index (χ2n) is 7.23. The maximum Gasteiger partial charge on any atom is 0.223 e. The second kappa shape index (κ2) is 11.5. The van der Waals surface area contributed by atoms with Crippen molar-refractivity contribution >= 4 is 52.5 Å². The lowest BCUT2D eigenvalue weighted by Gasteiger charge is -2.31. The molecule has 3 nitrogen and oxygen atoms in total. The molecule has 0 aromatic heterocycles. The topological polar surface area (TPSA) is 32.3 Å². The number of likely N-dealkylation sites (tertiary alicyclic amines) is 1. The van der Waals surface area contributed by atoms with E-state index in [2.05, 4.69) is 16.3 Å². The second-order valence-corrected chi connectivity index (χ2v) is 9.56. The third kappa shape index (κ3) is 7.08. The number of rotatable bonds is 8. The summed E-state index contributed by atoms with van der Waals surface area (Å²) < 4.78 is 0. The van der Waals surface area contributed by atoms with Gasteiger partial charge in [0.1, 0.15) is 0 Å². The first-order valence-corrected chi connectivity index (χ1v) is 12.1. The number of nitrogens with zero attached hydrogens (tertiary/aromatic N) is 1. The molecule has 1 aliphatic heterocycles. The Morgan fingerprint density at radius 2 is 1.79 bits per heavy atom. The molecule has 0 radical (unpaired) electrons. The highest BCUT2D eigenvalue weighted by Crippen LogP contribution is 2.25. The molecular formula is C22H25Cl3N2OS. The molecule has 1 heterocycles. The Hall–Kier alpha value is -0.910. The van der Waals surface area contributed by atoms with Gasteiger partial charge in [0.25, 0.3) is 0 Å². The highest BCUT2D eigenvalue weighted by Gasteiger charge is 2.24. The fourth-order valence-electron chi connectivity index (χ4n) is 3.43. The van der Waals surface area contributed by atoms with Crippen molar-refractivity contribution in [2.45, 2.75) is 25.1 Å². The Bertz CT molecular complexity index is 825. The van der Waals surface area contributed by atoms with Gasteiger partial charge in [-0.25, -0.2) is 0 Å². The quantitative estimate of drug-likeness (QED) is 0.486. The number of thioether (sulfide) groups is 1. The zero-order valence-corrected chi connectivity index (χ0v) is 19.3. The van der Waals surface area contributed by atoms with Gasteiger partial charge in [-0.2, -0.15) is 11.8 Å². The molecule has 0 unspecified atom stereocenters. The summed E-state index contributed by atoms with van der Waals surface area (Å²) in [5, 5.41) is 5.05. The Balaban J connectivity index is 1.31. The molecule has 1 amide bonds. The van der Waals surface area contributed by atoms with Gasteiger partial charge in [-0.15, -0.1) is 0 Å². The molecule has 0 aliphatic carbocycles. The first-order chi connectivity index (χ1) is 14.0. The number of hydrogen-bond acceptors (Lipinski definition) is 3. The maximum atomic E-state index is 12.4. The zero-order valence-electron chi connectivity index (χ0n) is 16.2. The van der Waals surface area contributed by atoms with Crippen LogP contribution in [0.15, 0.2) is 42.5 Å². The van der Waals surface area contributed by atoms with E-state index in [1.54, 1.807) is 11.8 Å². The van der Waals surface area contributed by atoms with Crippen LogP contribution in [0.25, 0.3) is 0 Å². The van der Waals surface area contributed by atoms with Gasteiger partial charge in [0.15, 0.2) is 0 Å². The largest absolute Gasteiger partial charge is 0.355 e. The number of amides is 1. The molecule has 0 atom stereocenters. The lowest BCUT2D eigenvalue weighted by atomic mass is 9.95. The highest BCUT2D eigenvalue weighted by molar-refractivity contribution is 7.98. The van der Waals surface area contributed by atoms with E-state index in [1.165, 1.54) is 0 Å². The number of carbonyl (C=O) groups excluding carboxylic acids is 1. The van der Waals surface area contributed by atoms with Gasteiger partial charge in [0.2, 0.25) is 5.91 Å². The minimum atomic E-state index is 0.109. The van der Waals surface area contributed by atoms with E-state index in [4.69, 9.17) is 34.8 Å². The van der Waals surface area contributed by atoms with Crippen molar-refractivity contribution in [3.05, 3.63) is 68.7 Å². The summed E-state index contributed by atoms with van der Waals surface area (Å²) in [7, 11) is 0. The van der Waals surface area contributed by atoms with E-state index in [-0.39, 0.29) is 11.8 Å². The van der Waals surface area contributed by atoms with Crippen LogP contribution in [0.5, 0.6) is 0 Å². The van der Waals surface area contributed by atoms with Crippen LogP contribution in [0.3, 0.4) is 0 Å². The molecule has 1 fully saturated rings. The Labute approximate surface area is 192 Å². The molecule has 0 saturated carbocycles. The van der Waals surface area contributed by atoms with Crippen molar-refractivity contribution in [3.8, 4) is 0 Å². The van der Waals surface area contributed by atoms with Gasteiger partial charge in [-0.1, -0.05) is 59.1 Å². The fraction of sp³-hybridized carbons (Fsp3) is 0.409. The molecule has 7 heteroatoms. The van der Waals surface area contributed by atoms with Crippen molar-refractivity contribution < 1.29 is 4.79 Å². The van der Waals surface area contributed by atoms with E-state index in [0.29, 0.717) is 16.6 Å². The van der Waals surface area contributed by atoms with Crippen LogP contribution in [0.1, 0.15) is 24.0 Å². The van der Waals surface area contributed by atoms with Crippen LogP contribution in [-0.2, 0) is 17.1 Å². The summed E-state index contributed by atoms with van der Waals surface area (Å²) >= 11 is 20.0. The summed E-state index contributed by atoms with van der Waals surface area (Å²) in [5.41, 5.74) is 2.29. The van der Waals surface area contributed by atoms with Gasteiger partial charge < -0.3 is 5.32 Å². The fourth-order valence-corrected chi connectivity index (χ4v) is 4.75. The molecule has 156 valence electrons. The van der Waals surface area contributed by atoms with Crippen LogP contribution in [0.2, 0.25) is 15.1 Å². The Morgan fingerprint density at radius 3 is 2.52 bits per heavy atom. The van der Waals surface area contributed by atoms with E-state index in [9.17, 15) is 4.79 Å². The SMILES string of the molecule is O=C(NCCSCc1ccc(Cl)c(Cl)c1)C1CCN(Cc2ccccc2Cl)CC1. The molecular weight excluding hydrogens is 447 g/mol. The number of nitrogens with one attached hydrogen (secondary N) is 1. The van der Waals surface area contributed by atoms with Crippen LogP contribution < -0.4 is 5.32 Å². The molecule has 1 saturated heterocycles. The predicted molar refractivity (Wildman–Crippen MR) is 125 cm³/mol. The monoisotopic (exact) mass is 470 g/mol. The van der Waals surface area contributed by atoms with E-state index in [1.807, 2.05) is 36.4 Å². The van der Waals surface area contributed by atoms with Crippen molar-refractivity contribution in [2.24, 2.45) is 5.92 Å².